The van der Waals surface area contributed by atoms with Crippen molar-refractivity contribution in [2.75, 3.05) is 18.5 Å². The molecule has 1 aliphatic carbocycles. The minimum Gasteiger partial charge on any atom is -0.484 e. The molecule has 1 amide bonds. The van der Waals surface area contributed by atoms with Gasteiger partial charge in [-0.15, -0.1) is 0 Å². The highest BCUT2D eigenvalue weighted by Crippen LogP contribution is 2.29. The summed E-state index contributed by atoms with van der Waals surface area (Å²) in [5.74, 6) is 1.43. The molecular formula is C22H23N3O3. The van der Waals surface area contributed by atoms with Crippen LogP contribution in [0, 0.1) is 0 Å². The Labute approximate surface area is 163 Å². The van der Waals surface area contributed by atoms with Crippen molar-refractivity contribution in [3.8, 4) is 5.75 Å². The zero-order chi connectivity index (χ0) is 18.9. The van der Waals surface area contributed by atoms with Gasteiger partial charge >= 0.3 is 0 Å². The number of nitrogens with zero attached hydrogens (tertiary/aromatic N) is 1. The van der Waals surface area contributed by atoms with Crippen LogP contribution in [0.2, 0.25) is 0 Å². The van der Waals surface area contributed by atoms with E-state index >= 15 is 0 Å². The van der Waals surface area contributed by atoms with E-state index in [0.717, 1.165) is 60.6 Å². The molecule has 144 valence electrons. The number of anilines is 1. The molecule has 2 aromatic carbocycles. The van der Waals surface area contributed by atoms with Crippen LogP contribution in [0.25, 0.3) is 11.0 Å². The topological polar surface area (TPSA) is 76.2 Å². The molecule has 1 unspecified atom stereocenters. The van der Waals surface area contributed by atoms with Crippen LogP contribution in [-0.4, -0.2) is 29.1 Å². The van der Waals surface area contributed by atoms with Crippen molar-refractivity contribution in [2.45, 2.75) is 38.2 Å². The van der Waals surface area contributed by atoms with Gasteiger partial charge in [-0.25, -0.2) is 4.98 Å². The lowest BCUT2D eigenvalue weighted by Crippen LogP contribution is -2.20. The predicted molar refractivity (Wildman–Crippen MR) is 107 cm³/mol. The van der Waals surface area contributed by atoms with Crippen LogP contribution < -0.4 is 10.1 Å². The van der Waals surface area contributed by atoms with E-state index in [2.05, 4.69) is 27.4 Å². The van der Waals surface area contributed by atoms with Gasteiger partial charge in [0.05, 0.1) is 11.0 Å². The number of nitrogens with one attached hydrogen (secondary N) is 2. The smallest absolute Gasteiger partial charge is 0.262 e. The van der Waals surface area contributed by atoms with Gasteiger partial charge in [0.2, 0.25) is 0 Å². The zero-order valence-electron chi connectivity index (χ0n) is 15.7. The molecule has 6 heteroatoms. The molecule has 28 heavy (non-hydrogen) atoms. The van der Waals surface area contributed by atoms with Gasteiger partial charge < -0.3 is 19.8 Å². The number of ether oxygens (including phenoxy) is 2. The maximum Gasteiger partial charge on any atom is 0.262 e. The highest BCUT2D eigenvalue weighted by molar-refractivity contribution is 5.94. The molecule has 1 atom stereocenters. The van der Waals surface area contributed by atoms with E-state index in [1.807, 2.05) is 24.3 Å². The van der Waals surface area contributed by atoms with Crippen molar-refractivity contribution in [1.29, 1.82) is 0 Å². The number of fused-ring (bicyclic) bond motifs is 2. The number of hydrogen-bond donors (Lipinski definition) is 2. The Bertz CT molecular complexity index is 1020. The third-order valence-electron chi connectivity index (χ3n) is 5.46. The van der Waals surface area contributed by atoms with E-state index in [-0.39, 0.29) is 18.6 Å². The van der Waals surface area contributed by atoms with Crippen molar-refractivity contribution in [2.24, 2.45) is 0 Å². The maximum absolute atomic E-state index is 12.3. The standard InChI is InChI=1S/C22H23N3O3/c26-21(13-28-17-8-6-14-3-1-4-15(14)11-17)23-16-7-9-18-19(12-16)25-22(24-18)20-5-2-10-27-20/h6-9,11-12,20H,1-5,10,13H2,(H,23,26)(H,24,25). The molecular weight excluding hydrogens is 354 g/mol. The van der Waals surface area contributed by atoms with E-state index in [4.69, 9.17) is 9.47 Å². The van der Waals surface area contributed by atoms with Crippen LogP contribution in [0.15, 0.2) is 36.4 Å². The summed E-state index contributed by atoms with van der Waals surface area (Å²) in [6.07, 6.45) is 5.53. The Morgan fingerprint density at radius 1 is 1.18 bits per heavy atom. The van der Waals surface area contributed by atoms with Crippen molar-refractivity contribution in [3.05, 3.63) is 53.3 Å². The second-order valence-electron chi connectivity index (χ2n) is 7.48. The third-order valence-corrected chi connectivity index (χ3v) is 5.46. The first-order valence-corrected chi connectivity index (χ1v) is 9.90. The number of carbonyl (C=O) groups excluding carboxylic acids is 1. The number of aromatic nitrogens is 2. The minimum absolute atomic E-state index is 0.0129. The average molecular weight is 377 g/mol. The summed E-state index contributed by atoms with van der Waals surface area (Å²) in [5.41, 5.74) is 5.22. The summed E-state index contributed by atoms with van der Waals surface area (Å²) in [7, 11) is 0. The fourth-order valence-electron chi connectivity index (χ4n) is 4.04. The minimum atomic E-state index is -0.182. The number of aromatic amines is 1. The molecule has 5 rings (SSSR count). The molecule has 2 heterocycles. The first-order chi connectivity index (χ1) is 13.7. The molecule has 3 aromatic rings. The first-order valence-electron chi connectivity index (χ1n) is 9.90. The van der Waals surface area contributed by atoms with Gasteiger partial charge in [0.25, 0.3) is 5.91 Å². The Hall–Kier alpha value is -2.86. The first kappa shape index (κ1) is 17.3. The number of hydrogen-bond acceptors (Lipinski definition) is 4. The lowest BCUT2D eigenvalue weighted by Gasteiger charge is -2.09. The Morgan fingerprint density at radius 2 is 2.11 bits per heavy atom. The van der Waals surface area contributed by atoms with E-state index in [1.54, 1.807) is 0 Å². The van der Waals surface area contributed by atoms with Gasteiger partial charge in [0.1, 0.15) is 17.7 Å². The highest BCUT2D eigenvalue weighted by Gasteiger charge is 2.21. The fourth-order valence-corrected chi connectivity index (χ4v) is 4.04. The van der Waals surface area contributed by atoms with E-state index in [1.165, 1.54) is 17.5 Å². The van der Waals surface area contributed by atoms with Crippen LogP contribution in [0.3, 0.4) is 0 Å². The number of amides is 1. The molecule has 6 nitrogen and oxygen atoms in total. The normalized spacial score (nSPS) is 18.4. The molecule has 0 spiro atoms. The van der Waals surface area contributed by atoms with Gasteiger partial charge in [-0.3, -0.25) is 4.79 Å². The van der Waals surface area contributed by atoms with Gasteiger partial charge in [-0.1, -0.05) is 6.07 Å². The largest absolute Gasteiger partial charge is 0.484 e. The fraction of sp³-hybridized carbons (Fsp3) is 0.364. The van der Waals surface area contributed by atoms with Crippen LogP contribution in [-0.2, 0) is 22.4 Å². The van der Waals surface area contributed by atoms with Crippen molar-refractivity contribution in [1.82, 2.24) is 9.97 Å². The lowest BCUT2D eigenvalue weighted by molar-refractivity contribution is -0.118. The molecule has 2 aliphatic rings. The molecule has 1 aliphatic heterocycles. The predicted octanol–water partition coefficient (Wildman–Crippen LogP) is 3.92. The van der Waals surface area contributed by atoms with Crippen LogP contribution in [0.5, 0.6) is 5.75 Å². The van der Waals surface area contributed by atoms with Crippen molar-refractivity contribution >= 4 is 22.6 Å². The van der Waals surface area contributed by atoms with E-state index in [9.17, 15) is 4.79 Å². The summed E-state index contributed by atoms with van der Waals surface area (Å²) in [6, 6.07) is 11.8. The molecule has 1 aromatic heterocycles. The molecule has 0 saturated carbocycles. The summed E-state index contributed by atoms with van der Waals surface area (Å²) in [5, 5.41) is 2.89. The Morgan fingerprint density at radius 3 is 3.00 bits per heavy atom. The molecule has 1 saturated heterocycles. The van der Waals surface area contributed by atoms with E-state index < -0.39 is 0 Å². The summed E-state index contributed by atoms with van der Waals surface area (Å²) in [6.45, 7) is 0.772. The second kappa shape index (κ2) is 7.28. The zero-order valence-corrected chi connectivity index (χ0v) is 15.7. The number of aryl methyl sites for hydroxylation is 2. The molecule has 2 N–H and O–H groups in total. The number of imidazole rings is 1. The molecule has 1 fully saturated rings. The average Bonchev–Trinajstić information content (AvgIpc) is 3.45. The quantitative estimate of drug-likeness (QED) is 0.707. The van der Waals surface area contributed by atoms with Crippen LogP contribution in [0.1, 0.15) is 42.3 Å². The van der Waals surface area contributed by atoms with E-state index in [0.29, 0.717) is 0 Å². The van der Waals surface area contributed by atoms with Crippen molar-refractivity contribution in [3.63, 3.8) is 0 Å². The summed E-state index contributed by atoms with van der Waals surface area (Å²) >= 11 is 0. The summed E-state index contributed by atoms with van der Waals surface area (Å²) in [4.78, 5) is 20.2. The monoisotopic (exact) mass is 377 g/mol. The number of rotatable bonds is 5. The van der Waals surface area contributed by atoms with Gasteiger partial charge in [-0.05, 0) is 73.6 Å². The summed E-state index contributed by atoms with van der Waals surface area (Å²) < 4.78 is 11.4. The van der Waals surface area contributed by atoms with Gasteiger partial charge in [0, 0.05) is 12.3 Å². The molecule has 0 bridgehead atoms. The van der Waals surface area contributed by atoms with Crippen molar-refractivity contribution < 1.29 is 14.3 Å². The lowest BCUT2D eigenvalue weighted by atomic mass is 10.1. The number of H-pyrrole nitrogens is 1. The Balaban J connectivity index is 1.22. The van der Waals surface area contributed by atoms with Gasteiger partial charge in [0.15, 0.2) is 6.61 Å². The molecule has 0 radical (unpaired) electrons. The van der Waals surface area contributed by atoms with Crippen LogP contribution in [0.4, 0.5) is 5.69 Å². The third kappa shape index (κ3) is 3.47. The van der Waals surface area contributed by atoms with Crippen LogP contribution >= 0.6 is 0 Å². The SMILES string of the molecule is O=C(COc1ccc2c(c1)CCC2)Nc1ccc2nc(C3CCCO3)[nH]c2c1. The maximum atomic E-state index is 12.3. The second-order valence-corrected chi connectivity index (χ2v) is 7.48. The highest BCUT2D eigenvalue weighted by atomic mass is 16.5. The number of carbonyl (C=O) groups is 1. The van der Waals surface area contributed by atoms with Gasteiger partial charge in [-0.2, -0.15) is 0 Å². The number of benzene rings is 2. The Kier molecular flexibility index (Phi) is 4.49.